The summed E-state index contributed by atoms with van der Waals surface area (Å²) in [5.74, 6) is 1.18. The number of thiophene rings is 1. The van der Waals surface area contributed by atoms with E-state index in [9.17, 15) is 4.79 Å². The van der Waals surface area contributed by atoms with Crippen LogP contribution in [0.4, 0.5) is 11.4 Å². The van der Waals surface area contributed by atoms with Crippen molar-refractivity contribution < 1.29 is 9.21 Å². The van der Waals surface area contributed by atoms with Crippen LogP contribution in [0.3, 0.4) is 0 Å². The topological polar surface area (TPSA) is 61.6 Å². The first-order valence-electron chi connectivity index (χ1n) is 9.42. The molecule has 0 spiro atoms. The van der Waals surface area contributed by atoms with Gasteiger partial charge in [-0.15, -0.1) is 11.3 Å². The Labute approximate surface area is 168 Å². The number of anilines is 2. The number of hydrogen-bond donors (Lipinski definition) is 1. The van der Waals surface area contributed by atoms with Gasteiger partial charge in [-0.1, -0.05) is 18.2 Å². The second kappa shape index (κ2) is 8.16. The fourth-order valence-corrected chi connectivity index (χ4v) is 4.00. The zero-order chi connectivity index (χ0) is 19.5. The third kappa shape index (κ3) is 4.10. The predicted octanol–water partition coefficient (Wildman–Crippen LogP) is 3.64. The number of nitrogens with one attached hydrogen (secondary N) is 1. The lowest BCUT2D eigenvalue weighted by atomic mass is 10.2. The van der Waals surface area contributed by atoms with Crippen molar-refractivity contribution in [2.24, 2.45) is 0 Å². The SMILES string of the molecule is Cc1oc(-c2cccs2)nc1CC(=O)Nc1ccccc1N1CCN(C)CC1. The lowest BCUT2D eigenvalue weighted by Crippen LogP contribution is -2.44. The van der Waals surface area contributed by atoms with Crippen molar-refractivity contribution >= 4 is 28.6 Å². The van der Waals surface area contributed by atoms with Gasteiger partial charge in [0.2, 0.25) is 11.8 Å². The molecule has 0 atom stereocenters. The van der Waals surface area contributed by atoms with E-state index in [2.05, 4.69) is 33.2 Å². The highest BCUT2D eigenvalue weighted by molar-refractivity contribution is 7.13. The van der Waals surface area contributed by atoms with Crippen LogP contribution in [0.25, 0.3) is 10.8 Å². The number of aromatic nitrogens is 1. The van der Waals surface area contributed by atoms with Crippen LogP contribution in [0.1, 0.15) is 11.5 Å². The Morgan fingerprint density at radius 2 is 1.96 bits per heavy atom. The first-order chi connectivity index (χ1) is 13.6. The van der Waals surface area contributed by atoms with Gasteiger partial charge in [0.1, 0.15) is 5.76 Å². The Hall–Kier alpha value is -2.64. The van der Waals surface area contributed by atoms with Gasteiger partial charge in [-0.05, 0) is 37.6 Å². The standard InChI is InChI=1S/C21H24N4O2S/c1-15-17(23-21(27-15)19-8-5-13-28-19)14-20(26)22-16-6-3-4-7-18(16)25-11-9-24(2)10-12-25/h3-8,13H,9-12,14H2,1-2H3,(H,22,26). The van der Waals surface area contributed by atoms with Crippen LogP contribution in [0, 0.1) is 6.92 Å². The van der Waals surface area contributed by atoms with Crippen LogP contribution in [0.15, 0.2) is 46.2 Å². The minimum Gasteiger partial charge on any atom is -0.440 e. The molecule has 3 heterocycles. The molecule has 1 aliphatic rings. The predicted molar refractivity (Wildman–Crippen MR) is 113 cm³/mol. The lowest BCUT2D eigenvalue weighted by molar-refractivity contribution is -0.115. The van der Waals surface area contributed by atoms with Crippen molar-refractivity contribution in [1.29, 1.82) is 0 Å². The van der Waals surface area contributed by atoms with Gasteiger partial charge in [0.05, 0.1) is 28.4 Å². The Kier molecular flexibility index (Phi) is 5.45. The summed E-state index contributed by atoms with van der Waals surface area (Å²) in [6.45, 7) is 5.80. The summed E-state index contributed by atoms with van der Waals surface area (Å²) >= 11 is 1.57. The van der Waals surface area contributed by atoms with E-state index in [0.717, 1.165) is 42.4 Å². The first kappa shape index (κ1) is 18.7. The first-order valence-corrected chi connectivity index (χ1v) is 10.3. The number of aryl methyl sites for hydroxylation is 1. The van der Waals surface area contributed by atoms with Crippen molar-refractivity contribution in [3.8, 4) is 10.8 Å². The normalized spacial score (nSPS) is 15.0. The van der Waals surface area contributed by atoms with Crippen LogP contribution < -0.4 is 10.2 Å². The molecular weight excluding hydrogens is 372 g/mol. The van der Waals surface area contributed by atoms with Gasteiger partial charge in [-0.3, -0.25) is 4.79 Å². The molecular formula is C21H24N4O2S. The fraction of sp³-hybridized carbons (Fsp3) is 0.333. The molecule has 6 nitrogen and oxygen atoms in total. The maximum atomic E-state index is 12.7. The number of hydrogen-bond acceptors (Lipinski definition) is 6. The summed E-state index contributed by atoms with van der Waals surface area (Å²) in [4.78, 5) is 22.8. The Bertz CT molecular complexity index is 943. The number of amides is 1. The van der Waals surface area contributed by atoms with Gasteiger partial charge in [0.15, 0.2) is 0 Å². The minimum absolute atomic E-state index is 0.0873. The quantitative estimate of drug-likeness (QED) is 0.713. The van der Waals surface area contributed by atoms with Crippen molar-refractivity contribution in [1.82, 2.24) is 9.88 Å². The number of carbonyl (C=O) groups is 1. The highest BCUT2D eigenvalue weighted by Crippen LogP contribution is 2.28. The zero-order valence-electron chi connectivity index (χ0n) is 16.1. The van der Waals surface area contributed by atoms with Crippen molar-refractivity contribution in [3.05, 3.63) is 53.2 Å². The van der Waals surface area contributed by atoms with E-state index < -0.39 is 0 Å². The molecule has 0 unspecified atom stereocenters. The number of rotatable bonds is 5. The highest BCUT2D eigenvalue weighted by atomic mass is 32.1. The molecule has 1 aliphatic heterocycles. The van der Waals surface area contributed by atoms with E-state index in [-0.39, 0.29) is 12.3 Å². The molecule has 0 bridgehead atoms. The second-order valence-corrected chi connectivity index (χ2v) is 7.98. The second-order valence-electron chi connectivity index (χ2n) is 7.03. The number of likely N-dealkylation sites (N-methyl/N-ethyl adjacent to an activating group) is 1. The number of para-hydroxylation sites is 2. The van der Waals surface area contributed by atoms with Crippen LogP contribution in [0.2, 0.25) is 0 Å². The molecule has 3 aromatic rings. The Morgan fingerprint density at radius 3 is 2.71 bits per heavy atom. The molecule has 0 radical (unpaired) electrons. The average Bonchev–Trinajstić information content (AvgIpc) is 3.33. The molecule has 1 amide bonds. The molecule has 28 heavy (non-hydrogen) atoms. The van der Waals surface area contributed by atoms with Crippen LogP contribution in [-0.4, -0.2) is 49.0 Å². The zero-order valence-corrected chi connectivity index (χ0v) is 17.0. The summed E-state index contributed by atoms with van der Waals surface area (Å²) < 4.78 is 5.75. The average molecular weight is 397 g/mol. The molecule has 1 fully saturated rings. The molecule has 1 aromatic carbocycles. The van der Waals surface area contributed by atoms with Crippen LogP contribution in [-0.2, 0) is 11.2 Å². The number of carbonyl (C=O) groups excluding carboxylic acids is 1. The number of nitrogens with zero attached hydrogens (tertiary/aromatic N) is 3. The van der Waals surface area contributed by atoms with E-state index in [1.165, 1.54) is 0 Å². The van der Waals surface area contributed by atoms with Gasteiger partial charge in [0, 0.05) is 26.2 Å². The molecule has 7 heteroatoms. The highest BCUT2D eigenvalue weighted by Gasteiger charge is 2.19. The van der Waals surface area contributed by atoms with E-state index in [4.69, 9.17) is 4.42 Å². The number of benzene rings is 1. The molecule has 0 saturated carbocycles. The summed E-state index contributed by atoms with van der Waals surface area (Å²) in [5.41, 5.74) is 2.59. The maximum absolute atomic E-state index is 12.7. The molecule has 1 saturated heterocycles. The van der Waals surface area contributed by atoms with Gasteiger partial charge in [-0.25, -0.2) is 4.98 Å². The van der Waals surface area contributed by atoms with Crippen LogP contribution in [0.5, 0.6) is 0 Å². The van der Waals surface area contributed by atoms with Crippen molar-refractivity contribution in [2.45, 2.75) is 13.3 Å². The van der Waals surface area contributed by atoms with Gasteiger partial charge < -0.3 is 19.5 Å². The van der Waals surface area contributed by atoms with Gasteiger partial charge in [-0.2, -0.15) is 0 Å². The molecule has 2 aromatic heterocycles. The largest absolute Gasteiger partial charge is 0.440 e. The summed E-state index contributed by atoms with van der Waals surface area (Å²) in [6, 6.07) is 11.9. The third-order valence-corrected chi connectivity index (χ3v) is 5.83. The Morgan fingerprint density at radius 1 is 1.18 bits per heavy atom. The van der Waals surface area contributed by atoms with E-state index in [1.807, 2.05) is 42.6 Å². The van der Waals surface area contributed by atoms with E-state index in [1.54, 1.807) is 11.3 Å². The molecule has 4 rings (SSSR count). The number of oxazole rings is 1. The summed E-state index contributed by atoms with van der Waals surface area (Å²) in [5, 5.41) is 5.05. The molecule has 1 N–H and O–H groups in total. The minimum atomic E-state index is -0.0873. The Balaban J connectivity index is 1.46. The van der Waals surface area contributed by atoms with Gasteiger partial charge in [0.25, 0.3) is 0 Å². The van der Waals surface area contributed by atoms with E-state index >= 15 is 0 Å². The monoisotopic (exact) mass is 396 g/mol. The maximum Gasteiger partial charge on any atom is 0.236 e. The molecule has 0 aliphatic carbocycles. The van der Waals surface area contributed by atoms with Crippen molar-refractivity contribution in [2.75, 3.05) is 43.4 Å². The summed E-state index contributed by atoms with van der Waals surface area (Å²) in [6.07, 6.45) is 0.192. The van der Waals surface area contributed by atoms with Gasteiger partial charge >= 0.3 is 0 Å². The third-order valence-electron chi connectivity index (χ3n) is 4.97. The number of piperazine rings is 1. The van der Waals surface area contributed by atoms with E-state index in [0.29, 0.717) is 17.3 Å². The van der Waals surface area contributed by atoms with Crippen LogP contribution >= 0.6 is 11.3 Å². The fourth-order valence-electron chi connectivity index (χ4n) is 3.35. The smallest absolute Gasteiger partial charge is 0.236 e. The summed E-state index contributed by atoms with van der Waals surface area (Å²) in [7, 11) is 2.13. The van der Waals surface area contributed by atoms with Crippen molar-refractivity contribution in [3.63, 3.8) is 0 Å². The molecule has 146 valence electrons. The lowest BCUT2D eigenvalue weighted by Gasteiger charge is -2.35.